The molecule has 0 aromatic carbocycles. The van der Waals surface area contributed by atoms with E-state index in [4.69, 9.17) is 11.1 Å². The zero-order valence-corrected chi connectivity index (χ0v) is 7.84. The number of rotatable bonds is 5. The minimum absolute atomic E-state index is 0.288. The molecule has 3 heteroatoms. The summed E-state index contributed by atoms with van der Waals surface area (Å²) in [7, 11) is 0. The average molecular weight is 169 g/mol. The van der Waals surface area contributed by atoms with Crippen LogP contribution in [0.4, 0.5) is 0 Å². The molecule has 1 aliphatic rings. The quantitative estimate of drug-likeness (QED) is 0.477. The van der Waals surface area contributed by atoms with Crippen molar-refractivity contribution >= 4 is 5.84 Å². The normalized spacial score (nSPS) is 17.8. The van der Waals surface area contributed by atoms with Crippen molar-refractivity contribution in [1.82, 2.24) is 4.90 Å². The van der Waals surface area contributed by atoms with E-state index in [9.17, 15) is 0 Å². The first-order valence-electron chi connectivity index (χ1n) is 4.77. The van der Waals surface area contributed by atoms with Crippen LogP contribution in [-0.4, -0.2) is 30.4 Å². The number of hydrogen-bond acceptors (Lipinski definition) is 2. The highest BCUT2D eigenvalue weighted by atomic mass is 15.1. The zero-order valence-electron chi connectivity index (χ0n) is 7.84. The molecule has 0 bridgehead atoms. The van der Waals surface area contributed by atoms with Crippen LogP contribution in [0.25, 0.3) is 0 Å². The Morgan fingerprint density at radius 3 is 2.58 bits per heavy atom. The van der Waals surface area contributed by atoms with Gasteiger partial charge in [-0.2, -0.15) is 0 Å². The first kappa shape index (κ1) is 9.52. The molecule has 0 unspecified atom stereocenters. The number of nitrogens with zero attached hydrogens (tertiary/aromatic N) is 1. The molecule has 1 rings (SSSR count). The SMILES string of the molecule is CCN(CC(=N)N)CC1CCC1. The van der Waals surface area contributed by atoms with E-state index < -0.39 is 0 Å². The van der Waals surface area contributed by atoms with Crippen LogP contribution in [0.2, 0.25) is 0 Å². The Morgan fingerprint density at radius 1 is 1.58 bits per heavy atom. The van der Waals surface area contributed by atoms with Crippen molar-refractivity contribution in [2.75, 3.05) is 19.6 Å². The molecule has 0 saturated heterocycles. The van der Waals surface area contributed by atoms with Gasteiger partial charge >= 0.3 is 0 Å². The van der Waals surface area contributed by atoms with Gasteiger partial charge in [0.25, 0.3) is 0 Å². The molecule has 0 radical (unpaired) electrons. The average Bonchev–Trinajstić information content (AvgIpc) is 1.93. The molecule has 3 N–H and O–H groups in total. The lowest BCUT2D eigenvalue weighted by molar-refractivity contribution is 0.201. The van der Waals surface area contributed by atoms with Gasteiger partial charge in [-0.05, 0) is 25.3 Å². The Kier molecular flexibility index (Phi) is 3.53. The van der Waals surface area contributed by atoms with Crippen molar-refractivity contribution in [2.45, 2.75) is 26.2 Å². The number of amidine groups is 1. The van der Waals surface area contributed by atoms with Gasteiger partial charge in [0, 0.05) is 6.54 Å². The van der Waals surface area contributed by atoms with E-state index in [1.807, 2.05) is 0 Å². The molecule has 12 heavy (non-hydrogen) atoms. The summed E-state index contributed by atoms with van der Waals surface area (Å²) in [5.74, 6) is 1.17. The van der Waals surface area contributed by atoms with Gasteiger partial charge in [-0.15, -0.1) is 0 Å². The minimum atomic E-state index is 0.288. The van der Waals surface area contributed by atoms with Crippen molar-refractivity contribution in [3.63, 3.8) is 0 Å². The molecule has 0 aromatic rings. The summed E-state index contributed by atoms with van der Waals surface area (Å²) in [4.78, 5) is 2.26. The second-order valence-electron chi connectivity index (χ2n) is 3.65. The van der Waals surface area contributed by atoms with Gasteiger partial charge in [-0.25, -0.2) is 0 Å². The summed E-state index contributed by atoms with van der Waals surface area (Å²) in [5.41, 5.74) is 5.35. The lowest BCUT2D eigenvalue weighted by Crippen LogP contribution is -2.38. The Balaban J connectivity index is 2.19. The monoisotopic (exact) mass is 169 g/mol. The molecule has 0 spiro atoms. The van der Waals surface area contributed by atoms with Crippen LogP contribution < -0.4 is 5.73 Å². The second-order valence-corrected chi connectivity index (χ2v) is 3.65. The van der Waals surface area contributed by atoms with E-state index in [2.05, 4.69) is 11.8 Å². The third kappa shape index (κ3) is 2.81. The minimum Gasteiger partial charge on any atom is -0.387 e. The van der Waals surface area contributed by atoms with E-state index in [1.165, 1.54) is 19.3 Å². The second kappa shape index (κ2) is 4.45. The van der Waals surface area contributed by atoms with Crippen molar-refractivity contribution < 1.29 is 0 Å². The van der Waals surface area contributed by atoms with Gasteiger partial charge < -0.3 is 5.73 Å². The fourth-order valence-electron chi connectivity index (χ4n) is 1.59. The molecule has 1 saturated carbocycles. The van der Waals surface area contributed by atoms with E-state index in [0.717, 1.165) is 19.0 Å². The Morgan fingerprint density at radius 2 is 2.25 bits per heavy atom. The van der Waals surface area contributed by atoms with Crippen LogP contribution in [0.15, 0.2) is 0 Å². The highest BCUT2D eigenvalue weighted by molar-refractivity contribution is 5.78. The Hall–Kier alpha value is -0.570. The summed E-state index contributed by atoms with van der Waals surface area (Å²) < 4.78 is 0. The van der Waals surface area contributed by atoms with Crippen LogP contribution in [0.1, 0.15) is 26.2 Å². The Bertz CT molecular complexity index is 152. The summed E-state index contributed by atoms with van der Waals surface area (Å²) in [5, 5.41) is 7.18. The van der Waals surface area contributed by atoms with Crippen LogP contribution >= 0.6 is 0 Å². The number of hydrogen-bond donors (Lipinski definition) is 2. The topological polar surface area (TPSA) is 53.1 Å². The molecular formula is C9H19N3. The van der Waals surface area contributed by atoms with E-state index in [0.29, 0.717) is 6.54 Å². The van der Waals surface area contributed by atoms with Crippen molar-refractivity contribution in [3.05, 3.63) is 0 Å². The van der Waals surface area contributed by atoms with Crippen LogP contribution in [-0.2, 0) is 0 Å². The molecule has 3 nitrogen and oxygen atoms in total. The van der Waals surface area contributed by atoms with Crippen molar-refractivity contribution in [3.8, 4) is 0 Å². The highest BCUT2D eigenvalue weighted by Gasteiger charge is 2.19. The van der Waals surface area contributed by atoms with E-state index >= 15 is 0 Å². The first-order valence-corrected chi connectivity index (χ1v) is 4.77. The van der Waals surface area contributed by atoms with Gasteiger partial charge in [0.15, 0.2) is 0 Å². The summed E-state index contributed by atoms with van der Waals surface area (Å²) >= 11 is 0. The fourth-order valence-corrected chi connectivity index (χ4v) is 1.59. The van der Waals surface area contributed by atoms with Gasteiger partial charge in [0.1, 0.15) is 5.84 Å². The van der Waals surface area contributed by atoms with E-state index in [1.54, 1.807) is 0 Å². The van der Waals surface area contributed by atoms with Gasteiger partial charge in [0.05, 0.1) is 6.54 Å². The third-order valence-corrected chi connectivity index (χ3v) is 2.58. The largest absolute Gasteiger partial charge is 0.387 e. The van der Waals surface area contributed by atoms with E-state index in [-0.39, 0.29) is 5.84 Å². The zero-order chi connectivity index (χ0) is 8.97. The predicted octanol–water partition coefficient (Wildman–Crippen LogP) is 1.04. The number of nitrogens with one attached hydrogen (secondary N) is 1. The van der Waals surface area contributed by atoms with Crippen LogP contribution in [0.5, 0.6) is 0 Å². The lowest BCUT2D eigenvalue weighted by Gasteiger charge is -2.31. The van der Waals surface area contributed by atoms with Crippen molar-refractivity contribution in [1.29, 1.82) is 5.41 Å². The predicted molar refractivity (Wildman–Crippen MR) is 51.4 cm³/mol. The molecule has 0 atom stereocenters. The maximum Gasteiger partial charge on any atom is 0.105 e. The third-order valence-electron chi connectivity index (χ3n) is 2.58. The summed E-state index contributed by atoms with van der Waals surface area (Å²) in [6.45, 7) is 4.92. The number of nitrogens with two attached hydrogens (primary N) is 1. The van der Waals surface area contributed by atoms with Crippen LogP contribution in [0.3, 0.4) is 0 Å². The highest BCUT2D eigenvalue weighted by Crippen LogP contribution is 2.26. The molecule has 0 heterocycles. The maximum atomic E-state index is 7.18. The fraction of sp³-hybridized carbons (Fsp3) is 0.889. The lowest BCUT2D eigenvalue weighted by atomic mass is 9.85. The first-order chi connectivity index (χ1) is 5.72. The van der Waals surface area contributed by atoms with Crippen LogP contribution in [0, 0.1) is 11.3 Å². The molecular weight excluding hydrogens is 150 g/mol. The molecule has 0 aromatic heterocycles. The molecule has 1 aliphatic carbocycles. The van der Waals surface area contributed by atoms with Gasteiger partial charge in [-0.3, -0.25) is 10.3 Å². The molecule has 1 fully saturated rings. The molecule has 70 valence electrons. The van der Waals surface area contributed by atoms with Gasteiger partial charge in [-0.1, -0.05) is 13.3 Å². The van der Waals surface area contributed by atoms with Crippen molar-refractivity contribution in [2.24, 2.45) is 11.7 Å². The summed E-state index contributed by atoms with van der Waals surface area (Å²) in [6.07, 6.45) is 4.13. The molecule has 0 aliphatic heterocycles. The maximum absolute atomic E-state index is 7.18. The summed E-state index contributed by atoms with van der Waals surface area (Å²) in [6, 6.07) is 0. The molecule has 0 amide bonds. The smallest absolute Gasteiger partial charge is 0.105 e. The standard InChI is InChI=1S/C9H19N3/c1-2-12(7-9(10)11)6-8-4-3-5-8/h8H,2-7H2,1H3,(H3,10,11). The Labute approximate surface area is 74.4 Å². The van der Waals surface area contributed by atoms with Gasteiger partial charge in [0.2, 0.25) is 0 Å². The number of likely N-dealkylation sites (N-methyl/N-ethyl adjacent to an activating group) is 1.